The summed E-state index contributed by atoms with van der Waals surface area (Å²) in [5.41, 5.74) is 2.93. The van der Waals surface area contributed by atoms with Crippen molar-refractivity contribution in [1.29, 1.82) is 0 Å². The summed E-state index contributed by atoms with van der Waals surface area (Å²) in [6, 6.07) is 19.8. The van der Waals surface area contributed by atoms with Gasteiger partial charge in [-0.05, 0) is 34.6 Å². The van der Waals surface area contributed by atoms with Gasteiger partial charge in [-0.25, -0.2) is 8.42 Å². The molecule has 4 rings (SSSR count). The Morgan fingerprint density at radius 2 is 1.71 bits per heavy atom. The number of hydrogen-bond donors (Lipinski definition) is 1. The van der Waals surface area contributed by atoms with Crippen molar-refractivity contribution in [3.63, 3.8) is 0 Å². The second kappa shape index (κ2) is 7.87. The van der Waals surface area contributed by atoms with E-state index < -0.39 is 16.1 Å². The number of nitrogens with zero attached hydrogens (tertiary/aromatic N) is 1. The van der Waals surface area contributed by atoms with Crippen molar-refractivity contribution in [2.45, 2.75) is 29.8 Å². The van der Waals surface area contributed by atoms with Crippen LogP contribution in [0.1, 0.15) is 16.7 Å². The molecule has 5 nitrogen and oxygen atoms in total. The molecule has 0 bridgehead atoms. The summed E-state index contributed by atoms with van der Waals surface area (Å²) in [4.78, 5) is 13.0. The molecule has 3 aromatic rings. The predicted octanol–water partition coefficient (Wildman–Crippen LogP) is 3.18. The lowest BCUT2D eigenvalue weighted by Crippen LogP contribution is -2.52. The van der Waals surface area contributed by atoms with Gasteiger partial charge in [0.15, 0.2) is 0 Å². The van der Waals surface area contributed by atoms with E-state index in [4.69, 9.17) is 0 Å². The third-order valence-electron chi connectivity index (χ3n) is 4.88. The number of carbonyl (C=O) groups excluding carboxylic acids is 1. The number of amides is 1. The molecule has 0 radical (unpaired) electrons. The topological polar surface area (TPSA) is 66.5 Å². The van der Waals surface area contributed by atoms with Gasteiger partial charge in [0, 0.05) is 13.1 Å². The zero-order valence-corrected chi connectivity index (χ0v) is 16.7. The smallest absolute Gasteiger partial charge is 0.253 e. The molecule has 7 heteroatoms. The number of thiophene rings is 1. The summed E-state index contributed by atoms with van der Waals surface area (Å²) in [6.07, 6.45) is 0.363. The Labute approximate surface area is 168 Å². The predicted molar refractivity (Wildman–Crippen MR) is 109 cm³/mol. The van der Waals surface area contributed by atoms with Crippen LogP contribution in [0.2, 0.25) is 0 Å². The van der Waals surface area contributed by atoms with Crippen molar-refractivity contribution >= 4 is 27.3 Å². The molecular formula is C21H20N2O3S2. The minimum atomic E-state index is -3.75. The van der Waals surface area contributed by atoms with E-state index in [-0.39, 0.29) is 16.7 Å². The fourth-order valence-corrected chi connectivity index (χ4v) is 6.09. The van der Waals surface area contributed by atoms with E-state index in [0.717, 1.165) is 16.7 Å². The number of benzene rings is 2. The molecule has 2 aromatic carbocycles. The first kappa shape index (κ1) is 18.9. The highest BCUT2D eigenvalue weighted by atomic mass is 32.2. The molecule has 0 saturated carbocycles. The largest absolute Gasteiger partial charge is 0.351 e. The lowest BCUT2D eigenvalue weighted by molar-refractivity contribution is -0.125. The first-order chi connectivity index (χ1) is 13.6. The molecular weight excluding hydrogens is 392 g/mol. The lowest BCUT2D eigenvalue weighted by Gasteiger charge is -2.34. The molecule has 28 heavy (non-hydrogen) atoms. The lowest BCUT2D eigenvalue weighted by atomic mass is 9.95. The zero-order valence-electron chi connectivity index (χ0n) is 15.1. The number of rotatable bonds is 5. The third kappa shape index (κ3) is 3.73. The van der Waals surface area contributed by atoms with Crippen LogP contribution in [-0.2, 0) is 34.3 Å². The number of hydrogen-bond acceptors (Lipinski definition) is 4. The van der Waals surface area contributed by atoms with Gasteiger partial charge < -0.3 is 5.32 Å². The van der Waals surface area contributed by atoms with Crippen molar-refractivity contribution in [3.05, 3.63) is 88.8 Å². The Morgan fingerprint density at radius 3 is 2.43 bits per heavy atom. The fourth-order valence-electron chi connectivity index (χ4n) is 3.40. The second-order valence-electron chi connectivity index (χ2n) is 6.67. The van der Waals surface area contributed by atoms with Crippen LogP contribution in [0.4, 0.5) is 0 Å². The molecule has 1 N–H and O–H groups in total. The van der Waals surface area contributed by atoms with Crippen LogP contribution in [0.25, 0.3) is 0 Å². The van der Waals surface area contributed by atoms with Crippen molar-refractivity contribution in [1.82, 2.24) is 9.62 Å². The van der Waals surface area contributed by atoms with Crippen molar-refractivity contribution in [2.24, 2.45) is 0 Å². The second-order valence-corrected chi connectivity index (χ2v) is 9.74. The highest BCUT2D eigenvalue weighted by Gasteiger charge is 2.39. The van der Waals surface area contributed by atoms with E-state index in [0.29, 0.717) is 13.0 Å². The summed E-state index contributed by atoms with van der Waals surface area (Å²) < 4.78 is 28.0. The average Bonchev–Trinajstić information content (AvgIpc) is 3.27. The van der Waals surface area contributed by atoms with Gasteiger partial charge in [0.05, 0.1) is 0 Å². The fraction of sp³-hybridized carbons (Fsp3) is 0.190. The van der Waals surface area contributed by atoms with Gasteiger partial charge in [0.2, 0.25) is 5.91 Å². The minimum Gasteiger partial charge on any atom is -0.351 e. The average molecular weight is 413 g/mol. The van der Waals surface area contributed by atoms with Crippen LogP contribution >= 0.6 is 11.3 Å². The van der Waals surface area contributed by atoms with Gasteiger partial charge >= 0.3 is 0 Å². The normalized spacial score (nSPS) is 17.1. The molecule has 1 aromatic heterocycles. The maximum absolute atomic E-state index is 13.2. The van der Waals surface area contributed by atoms with Crippen LogP contribution in [0.5, 0.6) is 0 Å². The monoisotopic (exact) mass is 412 g/mol. The van der Waals surface area contributed by atoms with Crippen LogP contribution < -0.4 is 5.32 Å². The van der Waals surface area contributed by atoms with Gasteiger partial charge in [-0.2, -0.15) is 4.31 Å². The summed E-state index contributed by atoms with van der Waals surface area (Å²) in [7, 11) is -3.75. The molecule has 1 amide bonds. The van der Waals surface area contributed by atoms with Crippen molar-refractivity contribution in [2.75, 3.05) is 0 Å². The maximum atomic E-state index is 13.2. The SMILES string of the molecule is O=C(NCc1ccccc1)[C@H]1Cc2ccccc2CN1S(=O)(=O)c1cccs1. The van der Waals surface area contributed by atoms with Gasteiger partial charge in [-0.1, -0.05) is 60.7 Å². The Morgan fingerprint density at radius 1 is 1.00 bits per heavy atom. The molecule has 0 saturated heterocycles. The molecule has 1 atom stereocenters. The molecule has 144 valence electrons. The Bertz CT molecular complexity index is 1060. The number of fused-ring (bicyclic) bond motifs is 1. The number of carbonyl (C=O) groups is 1. The standard InChI is InChI=1S/C21H20N2O3S2/c24-21(22-14-16-7-2-1-3-8-16)19-13-17-9-4-5-10-18(17)15-23(19)28(25,26)20-11-6-12-27-20/h1-12,19H,13-15H2,(H,22,24)/t19-/m1/s1. The van der Waals surface area contributed by atoms with Crippen LogP contribution in [0.15, 0.2) is 76.3 Å². The van der Waals surface area contributed by atoms with E-state index in [9.17, 15) is 13.2 Å². The van der Waals surface area contributed by atoms with Crippen LogP contribution in [0, 0.1) is 0 Å². The van der Waals surface area contributed by atoms with Gasteiger partial charge in [-0.15, -0.1) is 11.3 Å². The third-order valence-corrected chi connectivity index (χ3v) is 8.10. The molecule has 0 spiro atoms. The summed E-state index contributed by atoms with van der Waals surface area (Å²) >= 11 is 1.17. The number of sulfonamides is 1. The molecule has 0 fully saturated rings. The maximum Gasteiger partial charge on any atom is 0.253 e. The van der Waals surface area contributed by atoms with E-state index >= 15 is 0 Å². The highest BCUT2D eigenvalue weighted by Crippen LogP contribution is 2.30. The first-order valence-corrected chi connectivity index (χ1v) is 11.3. The van der Waals surface area contributed by atoms with E-state index in [1.807, 2.05) is 54.6 Å². The van der Waals surface area contributed by atoms with Crippen LogP contribution in [0.3, 0.4) is 0 Å². The van der Waals surface area contributed by atoms with Crippen molar-refractivity contribution < 1.29 is 13.2 Å². The van der Waals surface area contributed by atoms with Gasteiger partial charge in [0.1, 0.15) is 10.3 Å². The first-order valence-electron chi connectivity index (χ1n) is 8.99. The minimum absolute atomic E-state index is 0.194. The Kier molecular flexibility index (Phi) is 5.30. The van der Waals surface area contributed by atoms with Gasteiger partial charge in [-0.3, -0.25) is 4.79 Å². The van der Waals surface area contributed by atoms with Gasteiger partial charge in [0.25, 0.3) is 10.0 Å². The molecule has 1 aliphatic rings. The quantitative estimate of drug-likeness (QED) is 0.700. The van der Waals surface area contributed by atoms with E-state index in [2.05, 4.69) is 5.32 Å². The molecule has 1 aliphatic heterocycles. The van der Waals surface area contributed by atoms with E-state index in [1.54, 1.807) is 17.5 Å². The highest BCUT2D eigenvalue weighted by molar-refractivity contribution is 7.91. The van der Waals surface area contributed by atoms with Crippen LogP contribution in [-0.4, -0.2) is 24.7 Å². The molecule has 2 heterocycles. The summed E-state index contributed by atoms with van der Waals surface area (Å²) in [5, 5.41) is 4.64. The zero-order chi connectivity index (χ0) is 19.6. The summed E-state index contributed by atoms with van der Waals surface area (Å²) in [5.74, 6) is -0.279. The molecule has 0 unspecified atom stereocenters. The Balaban J connectivity index is 1.63. The van der Waals surface area contributed by atoms with E-state index in [1.165, 1.54) is 15.6 Å². The number of nitrogens with one attached hydrogen (secondary N) is 1. The summed E-state index contributed by atoms with van der Waals surface area (Å²) in [6.45, 7) is 0.560. The molecule has 0 aliphatic carbocycles. The van der Waals surface area contributed by atoms with Crippen molar-refractivity contribution in [3.8, 4) is 0 Å². The Hall–Kier alpha value is -2.48.